The molecule has 0 unspecified atom stereocenters. The smallest absolute Gasteiger partial charge is 0.329 e. The monoisotopic (exact) mass is 270 g/mol. The maximum atomic E-state index is 12.2. The quantitative estimate of drug-likeness (QED) is 0.646. The molecule has 0 aliphatic carbocycles. The third kappa shape index (κ3) is 1.85. The minimum atomic E-state index is -0.380. The van der Waals surface area contributed by atoms with Crippen LogP contribution in [0.1, 0.15) is 19.4 Å². The lowest BCUT2D eigenvalue weighted by atomic mass is 10.2. The predicted octanol–water partition coefficient (Wildman–Crippen LogP) is 1.86. The fourth-order valence-corrected chi connectivity index (χ4v) is 2.27. The summed E-state index contributed by atoms with van der Waals surface area (Å²) in [5.41, 5.74) is 1.85. The maximum Gasteiger partial charge on any atom is 0.329 e. The van der Waals surface area contributed by atoms with Crippen LogP contribution in [0.15, 0.2) is 30.2 Å². The topological polar surface area (TPSA) is 78.1 Å². The highest BCUT2D eigenvalue weighted by atomic mass is 16.2. The number of pyridine rings is 1. The highest BCUT2D eigenvalue weighted by Crippen LogP contribution is 2.21. The Morgan fingerprint density at radius 1 is 1.35 bits per heavy atom. The van der Waals surface area contributed by atoms with Gasteiger partial charge in [0, 0.05) is 29.4 Å². The summed E-state index contributed by atoms with van der Waals surface area (Å²) < 4.78 is 0. The molecular formula is C14H14N4O2. The first-order chi connectivity index (χ1) is 9.58. The number of aromatic amines is 1. The molecule has 1 saturated heterocycles. The van der Waals surface area contributed by atoms with Gasteiger partial charge >= 0.3 is 6.03 Å². The first kappa shape index (κ1) is 12.4. The van der Waals surface area contributed by atoms with Crippen LogP contribution in [0, 0.1) is 0 Å². The highest BCUT2D eigenvalue weighted by molar-refractivity contribution is 6.14. The van der Waals surface area contributed by atoms with Crippen molar-refractivity contribution in [3.05, 3.63) is 35.8 Å². The van der Waals surface area contributed by atoms with E-state index in [0.29, 0.717) is 0 Å². The van der Waals surface area contributed by atoms with E-state index in [1.165, 1.54) is 4.90 Å². The van der Waals surface area contributed by atoms with E-state index in [-0.39, 0.29) is 23.7 Å². The minimum absolute atomic E-state index is 0.168. The number of urea groups is 1. The van der Waals surface area contributed by atoms with Gasteiger partial charge in [-0.05, 0) is 32.1 Å². The van der Waals surface area contributed by atoms with E-state index >= 15 is 0 Å². The molecule has 6 heteroatoms. The Balaban J connectivity index is 2.01. The number of amides is 3. The third-order valence-corrected chi connectivity index (χ3v) is 3.21. The van der Waals surface area contributed by atoms with Crippen LogP contribution in [-0.2, 0) is 4.79 Å². The van der Waals surface area contributed by atoms with Gasteiger partial charge in [-0.25, -0.2) is 9.78 Å². The van der Waals surface area contributed by atoms with Gasteiger partial charge in [-0.3, -0.25) is 9.69 Å². The van der Waals surface area contributed by atoms with Gasteiger partial charge in [-0.1, -0.05) is 0 Å². The number of nitrogens with one attached hydrogen (secondary N) is 2. The van der Waals surface area contributed by atoms with Crippen molar-refractivity contribution in [2.24, 2.45) is 0 Å². The number of fused-ring (bicyclic) bond motifs is 1. The van der Waals surface area contributed by atoms with E-state index in [1.54, 1.807) is 32.3 Å². The number of hydrogen-bond donors (Lipinski definition) is 2. The van der Waals surface area contributed by atoms with Crippen LogP contribution in [0.3, 0.4) is 0 Å². The molecule has 1 aliphatic rings. The molecule has 3 rings (SSSR count). The van der Waals surface area contributed by atoms with Gasteiger partial charge in [-0.2, -0.15) is 0 Å². The van der Waals surface area contributed by atoms with Crippen LogP contribution in [0.25, 0.3) is 17.1 Å². The Morgan fingerprint density at radius 3 is 2.85 bits per heavy atom. The van der Waals surface area contributed by atoms with Crippen LogP contribution < -0.4 is 5.32 Å². The Labute approximate surface area is 115 Å². The minimum Gasteiger partial charge on any atom is -0.346 e. The van der Waals surface area contributed by atoms with Gasteiger partial charge in [-0.15, -0.1) is 0 Å². The zero-order chi connectivity index (χ0) is 14.3. The van der Waals surface area contributed by atoms with E-state index in [1.807, 2.05) is 12.1 Å². The van der Waals surface area contributed by atoms with Crippen molar-refractivity contribution in [2.75, 3.05) is 0 Å². The fraction of sp³-hybridized carbons (Fsp3) is 0.214. The Kier molecular flexibility index (Phi) is 2.78. The lowest BCUT2D eigenvalue weighted by Crippen LogP contribution is -2.36. The molecule has 0 atom stereocenters. The van der Waals surface area contributed by atoms with Crippen molar-refractivity contribution in [1.82, 2.24) is 20.2 Å². The van der Waals surface area contributed by atoms with Crippen LogP contribution in [0.5, 0.6) is 0 Å². The standard InChI is InChI=1S/C14H14N4O2/c1-8(2)18-13(19)11(17-14(18)20)6-9-7-16-12-10(9)4-3-5-15-12/h3-8H,1-2H3,(H,15,16)(H,17,20)/b11-6-. The molecule has 2 aromatic heterocycles. The summed E-state index contributed by atoms with van der Waals surface area (Å²) in [5.74, 6) is -0.303. The molecule has 2 N–H and O–H groups in total. The number of rotatable bonds is 2. The fourth-order valence-electron chi connectivity index (χ4n) is 2.27. The summed E-state index contributed by atoms with van der Waals surface area (Å²) in [6, 6.07) is 3.19. The van der Waals surface area contributed by atoms with Gasteiger partial charge in [0.1, 0.15) is 11.3 Å². The molecule has 20 heavy (non-hydrogen) atoms. The second-order valence-corrected chi connectivity index (χ2v) is 4.90. The van der Waals surface area contributed by atoms with Crippen molar-refractivity contribution in [3.8, 4) is 0 Å². The molecule has 2 aromatic rings. The lowest BCUT2D eigenvalue weighted by molar-refractivity contribution is -0.123. The zero-order valence-corrected chi connectivity index (χ0v) is 11.2. The summed E-state index contributed by atoms with van der Waals surface area (Å²) >= 11 is 0. The first-order valence-corrected chi connectivity index (χ1v) is 6.36. The molecule has 3 heterocycles. The first-order valence-electron chi connectivity index (χ1n) is 6.36. The summed E-state index contributed by atoms with van der Waals surface area (Å²) in [7, 11) is 0. The molecule has 6 nitrogen and oxygen atoms in total. The van der Waals surface area contributed by atoms with E-state index < -0.39 is 0 Å². The number of H-pyrrole nitrogens is 1. The Morgan fingerprint density at radius 2 is 2.15 bits per heavy atom. The van der Waals surface area contributed by atoms with Gasteiger partial charge in [0.2, 0.25) is 0 Å². The molecule has 0 aromatic carbocycles. The summed E-state index contributed by atoms with van der Waals surface area (Å²) in [5, 5.41) is 3.51. The van der Waals surface area contributed by atoms with Crippen molar-refractivity contribution in [2.45, 2.75) is 19.9 Å². The maximum absolute atomic E-state index is 12.2. The van der Waals surface area contributed by atoms with Crippen LogP contribution in [-0.4, -0.2) is 32.8 Å². The zero-order valence-electron chi connectivity index (χ0n) is 11.2. The third-order valence-electron chi connectivity index (χ3n) is 3.21. The number of carbonyl (C=O) groups is 2. The van der Waals surface area contributed by atoms with E-state index in [9.17, 15) is 9.59 Å². The number of imide groups is 1. The van der Waals surface area contributed by atoms with Crippen molar-refractivity contribution in [3.63, 3.8) is 0 Å². The molecular weight excluding hydrogens is 256 g/mol. The molecule has 0 radical (unpaired) electrons. The molecule has 0 saturated carbocycles. The second kappa shape index (κ2) is 4.48. The van der Waals surface area contributed by atoms with Crippen LogP contribution >= 0.6 is 0 Å². The molecule has 1 fully saturated rings. The summed E-state index contributed by atoms with van der Waals surface area (Å²) in [6.07, 6.45) is 5.13. The van der Waals surface area contributed by atoms with Gasteiger partial charge in [0.25, 0.3) is 5.91 Å². The number of aromatic nitrogens is 2. The largest absolute Gasteiger partial charge is 0.346 e. The van der Waals surface area contributed by atoms with E-state index in [0.717, 1.165) is 16.6 Å². The molecule has 3 amide bonds. The van der Waals surface area contributed by atoms with E-state index in [4.69, 9.17) is 0 Å². The average Bonchev–Trinajstić information content (AvgIpc) is 2.93. The molecule has 102 valence electrons. The van der Waals surface area contributed by atoms with Gasteiger partial charge in [0.05, 0.1) is 0 Å². The van der Waals surface area contributed by atoms with Crippen LogP contribution in [0.2, 0.25) is 0 Å². The normalized spacial score (nSPS) is 17.6. The van der Waals surface area contributed by atoms with E-state index in [2.05, 4.69) is 15.3 Å². The molecule has 0 spiro atoms. The summed E-state index contributed by atoms with van der Waals surface area (Å²) in [4.78, 5) is 32.4. The molecule has 1 aliphatic heterocycles. The SMILES string of the molecule is CC(C)N1C(=O)N/C(=C\c2c[nH]c3ncccc23)C1=O. The highest BCUT2D eigenvalue weighted by Gasteiger charge is 2.35. The second-order valence-electron chi connectivity index (χ2n) is 4.90. The number of nitrogens with zero attached hydrogens (tertiary/aromatic N) is 2. The van der Waals surface area contributed by atoms with Crippen LogP contribution in [0.4, 0.5) is 4.79 Å². The van der Waals surface area contributed by atoms with Crippen molar-refractivity contribution >= 4 is 29.0 Å². The van der Waals surface area contributed by atoms with Crippen molar-refractivity contribution < 1.29 is 9.59 Å². The van der Waals surface area contributed by atoms with Gasteiger partial charge in [0.15, 0.2) is 0 Å². The number of carbonyl (C=O) groups excluding carboxylic acids is 2. The average molecular weight is 270 g/mol. The lowest BCUT2D eigenvalue weighted by Gasteiger charge is -2.15. The Hall–Kier alpha value is -2.63. The predicted molar refractivity (Wildman–Crippen MR) is 74.6 cm³/mol. The number of hydrogen-bond acceptors (Lipinski definition) is 3. The van der Waals surface area contributed by atoms with Gasteiger partial charge < -0.3 is 10.3 Å². The summed E-state index contributed by atoms with van der Waals surface area (Å²) in [6.45, 7) is 3.60. The Bertz CT molecular complexity index is 730. The van der Waals surface area contributed by atoms with Crippen molar-refractivity contribution in [1.29, 1.82) is 0 Å². The molecule has 0 bridgehead atoms.